The van der Waals surface area contributed by atoms with E-state index in [9.17, 15) is 4.79 Å². The van der Waals surface area contributed by atoms with E-state index >= 15 is 0 Å². The number of para-hydroxylation sites is 1. The lowest BCUT2D eigenvalue weighted by molar-refractivity contribution is 0.0343. The van der Waals surface area contributed by atoms with Gasteiger partial charge in [0.05, 0.1) is 13.2 Å². The Bertz CT molecular complexity index is 543. The highest BCUT2D eigenvalue weighted by Gasteiger charge is 2.15. The van der Waals surface area contributed by atoms with Crippen LogP contribution in [0.1, 0.15) is 31.2 Å². The van der Waals surface area contributed by atoms with Gasteiger partial charge in [-0.05, 0) is 24.5 Å². The number of hydrogen-bond acceptors (Lipinski definition) is 4. The minimum atomic E-state index is -0.110. The molecule has 2 fully saturated rings. The number of nitrogens with one attached hydrogen (secondary N) is 2. The summed E-state index contributed by atoms with van der Waals surface area (Å²) in [6, 6.07) is 7.94. The van der Waals surface area contributed by atoms with Crippen molar-refractivity contribution in [3.63, 3.8) is 0 Å². The number of carbonyl (C=O) groups excluding carboxylic acids is 1. The van der Waals surface area contributed by atoms with Crippen molar-refractivity contribution < 1.29 is 9.53 Å². The molecule has 1 aromatic carbocycles. The van der Waals surface area contributed by atoms with E-state index in [1.165, 1.54) is 25.7 Å². The smallest absolute Gasteiger partial charge is 0.319 e. The Morgan fingerprint density at radius 2 is 1.96 bits per heavy atom. The van der Waals surface area contributed by atoms with E-state index in [-0.39, 0.29) is 6.03 Å². The molecule has 2 N–H and O–H groups in total. The highest BCUT2D eigenvalue weighted by molar-refractivity contribution is 7.99. The molecule has 1 aliphatic carbocycles. The first-order valence-electron chi connectivity index (χ1n) is 9.36. The zero-order valence-electron chi connectivity index (χ0n) is 14.8. The minimum absolute atomic E-state index is 0.110. The normalized spacial score (nSPS) is 19.0. The van der Waals surface area contributed by atoms with E-state index in [4.69, 9.17) is 4.74 Å². The third-order valence-electron chi connectivity index (χ3n) is 4.81. The molecule has 6 heteroatoms. The second-order valence-electron chi connectivity index (χ2n) is 6.70. The van der Waals surface area contributed by atoms with Crippen LogP contribution in [0.15, 0.2) is 24.3 Å². The SMILES string of the molecule is O=C(NCCSC1CCCC1)Nc1ccccc1CN1CCOCC1. The lowest BCUT2D eigenvalue weighted by Crippen LogP contribution is -2.36. The fourth-order valence-corrected chi connectivity index (χ4v) is 4.61. The molecule has 0 aromatic heterocycles. The molecule has 0 unspecified atom stereocenters. The first kappa shape index (κ1) is 18.5. The van der Waals surface area contributed by atoms with Crippen LogP contribution in [0.25, 0.3) is 0 Å². The van der Waals surface area contributed by atoms with Crippen molar-refractivity contribution in [3.05, 3.63) is 29.8 Å². The number of benzene rings is 1. The van der Waals surface area contributed by atoms with Gasteiger partial charge in [-0.2, -0.15) is 11.8 Å². The van der Waals surface area contributed by atoms with Gasteiger partial charge in [0, 0.05) is 42.9 Å². The van der Waals surface area contributed by atoms with E-state index in [0.29, 0.717) is 0 Å². The molecule has 2 aliphatic rings. The first-order chi connectivity index (χ1) is 12.3. The standard InChI is InChI=1S/C19H29N3O2S/c23-19(20-9-14-25-17-6-2-3-7-17)21-18-8-4-1-5-16(18)15-22-10-12-24-13-11-22/h1,4-5,8,17H,2-3,6-7,9-15H2,(H2,20,21,23). The number of anilines is 1. The van der Waals surface area contributed by atoms with Gasteiger partial charge in [-0.3, -0.25) is 4.90 Å². The molecule has 138 valence electrons. The topological polar surface area (TPSA) is 53.6 Å². The molecular weight excluding hydrogens is 334 g/mol. The molecule has 1 aliphatic heterocycles. The quantitative estimate of drug-likeness (QED) is 0.730. The molecule has 0 bridgehead atoms. The van der Waals surface area contributed by atoms with Gasteiger partial charge in [0.2, 0.25) is 0 Å². The number of nitrogens with zero attached hydrogens (tertiary/aromatic N) is 1. The van der Waals surface area contributed by atoms with Crippen molar-refractivity contribution in [1.29, 1.82) is 0 Å². The Balaban J connectivity index is 1.42. The molecule has 0 atom stereocenters. The van der Waals surface area contributed by atoms with Gasteiger partial charge in [-0.15, -0.1) is 0 Å². The zero-order chi connectivity index (χ0) is 17.3. The van der Waals surface area contributed by atoms with E-state index < -0.39 is 0 Å². The first-order valence-corrected chi connectivity index (χ1v) is 10.4. The van der Waals surface area contributed by atoms with Gasteiger partial charge in [0.25, 0.3) is 0 Å². The molecule has 1 heterocycles. The van der Waals surface area contributed by atoms with Crippen LogP contribution in [0.2, 0.25) is 0 Å². The van der Waals surface area contributed by atoms with Crippen molar-refractivity contribution in [2.24, 2.45) is 0 Å². The van der Waals surface area contributed by atoms with Crippen molar-refractivity contribution in [3.8, 4) is 0 Å². The molecule has 1 saturated heterocycles. The molecule has 2 amide bonds. The molecule has 3 rings (SSSR count). The van der Waals surface area contributed by atoms with Gasteiger partial charge in [-0.25, -0.2) is 4.79 Å². The van der Waals surface area contributed by atoms with Crippen LogP contribution < -0.4 is 10.6 Å². The molecule has 0 spiro atoms. The molecule has 0 radical (unpaired) electrons. The largest absolute Gasteiger partial charge is 0.379 e. The minimum Gasteiger partial charge on any atom is -0.379 e. The maximum atomic E-state index is 12.2. The maximum absolute atomic E-state index is 12.2. The predicted octanol–water partition coefficient (Wildman–Crippen LogP) is 3.32. The summed E-state index contributed by atoms with van der Waals surface area (Å²) in [5.41, 5.74) is 2.05. The molecular formula is C19H29N3O2S. The molecule has 1 aromatic rings. The third kappa shape index (κ3) is 6.20. The highest BCUT2D eigenvalue weighted by atomic mass is 32.2. The van der Waals surface area contributed by atoms with Crippen LogP contribution in [-0.4, -0.2) is 54.8 Å². The average Bonchev–Trinajstić information content (AvgIpc) is 3.15. The highest BCUT2D eigenvalue weighted by Crippen LogP contribution is 2.28. The van der Waals surface area contributed by atoms with Crippen molar-refractivity contribution in [2.45, 2.75) is 37.5 Å². The Morgan fingerprint density at radius 1 is 1.20 bits per heavy atom. The lowest BCUT2D eigenvalue weighted by atomic mass is 10.1. The summed E-state index contributed by atoms with van der Waals surface area (Å²) in [5, 5.41) is 6.80. The van der Waals surface area contributed by atoms with E-state index in [0.717, 1.165) is 61.6 Å². The van der Waals surface area contributed by atoms with Crippen LogP contribution in [0.5, 0.6) is 0 Å². The zero-order valence-corrected chi connectivity index (χ0v) is 15.7. The number of amides is 2. The Labute approximate surface area is 154 Å². The summed E-state index contributed by atoms with van der Waals surface area (Å²) in [7, 11) is 0. The molecule has 1 saturated carbocycles. The summed E-state index contributed by atoms with van der Waals surface area (Å²) in [6.07, 6.45) is 5.41. The van der Waals surface area contributed by atoms with Crippen molar-refractivity contribution >= 4 is 23.5 Å². The number of rotatable bonds is 7. The van der Waals surface area contributed by atoms with Crippen LogP contribution in [-0.2, 0) is 11.3 Å². The van der Waals surface area contributed by atoms with Crippen LogP contribution in [0.3, 0.4) is 0 Å². The summed E-state index contributed by atoms with van der Waals surface area (Å²) in [4.78, 5) is 14.5. The number of carbonyl (C=O) groups is 1. The van der Waals surface area contributed by atoms with Crippen molar-refractivity contribution in [2.75, 3.05) is 43.9 Å². The van der Waals surface area contributed by atoms with Crippen molar-refractivity contribution in [1.82, 2.24) is 10.2 Å². The van der Waals surface area contributed by atoms with Crippen LogP contribution in [0.4, 0.5) is 10.5 Å². The maximum Gasteiger partial charge on any atom is 0.319 e. The fraction of sp³-hybridized carbons (Fsp3) is 0.632. The Hall–Kier alpha value is -1.24. The summed E-state index contributed by atoms with van der Waals surface area (Å²) < 4.78 is 5.40. The predicted molar refractivity (Wildman–Crippen MR) is 104 cm³/mol. The van der Waals surface area contributed by atoms with E-state index in [1.54, 1.807) is 0 Å². The number of urea groups is 1. The Kier molecular flexibility index (Phi) is 7.45. The second kappa shape index (κ2) is 10.0. The number of morpholine rings is 1. The number of thioether (sulfide) groups is 1. The van der Waals surface area contributed by atoms with E-state index in [2.05, 4.69) is 21.6 Å². The fourth-order valence-electron chi connectivity index (χ4n) is 3.39. The van der Waals surface area contributed by atoms with Gasteiger partial charge >= 0.3 is 6.03 Å². The average molecular weight is 364 g/mol. The molecule has 5 nitrogen and oxygen atoms in total. The lowest BCUT2D eigenvalue weighted by Gasteiger charge is -2.27. The van der Waals surface area contributed by atoms with Crippen LogP contribution >= 0.6 is 11.8 Å². The summed E-state index contributed by atoms with van der Waals surface area (Å²) >= 11 is 2.00. The second-order valence-corrected chi connectivity index (χ2v) is 8.11. The third-order valence-corrected chi connectivity index (χ3v) is 6.19. The van der Waals surface area contributed by atoms with Gasteiger partial charge in [0.1, 0.15) is 0 Å². The van der Waals surface area contributed by atoms with Crippen LogP contribution in [0, 0.1) is 0 Å². The summed E-state index contributed by atoms with van der Waals surface area (Å²) in [5.74, 6) is 0.994. The van der Waals surface area contributed by atoms with Gasteiger partial charge < -0.3 is 15.4 Å². The van der Waals surface area contributed by atoms with Gasteiger partial charge in [-0.1, -0.05) is 31.0 Å². The van der Waals surface area contributed by atoms with E-state index in [1.807, 2.05) is 30.0 Å². The monoisotopic (exact) mass is 363 g/mol. The molecule has 25 heavy (non-hydrogen) atoms. The van der Waals surface area contributed by atoms with Gasteiger partial charge in [0.15, 0.2) is 0 Å². The Morgan fingerprint density at radius 3 is 2.76 bits per heavy atom. The summed E-state index contributed by atoms with van der Waals surface area (Å²) in [6.45, 7) is 5.03. The number of hydrogen-bond donors (Lipinski definition) is 2. The number of ether oxygens (including phenoxy) is 1.